The molecule has 0 atom stereocenters. The van der Waals surface area contributed by atoms with E-state index in [2.05, 4.69) is 25.2 Å². The molecule has 0 bridgehead atoms. The second kappa shape index (κ2) is 4.81. The standard InChI is InChI=1S/C6H14N2/c1-6(2)3-4-8-5-7/h3,8H,4-5,7H2,1-2H3. The monoisotopic (exact) mass is 114 g/mol. The minimum absolute atomic E-state index is 0.559. The molecule has 0 aromatic rings. The fraction of sp³-hybridized carbons (Fsp3) is 0.667. The van der Waals surface area contributed by atoms with Crippen molar-refractivity contribution in [1.29, 1.82) is 0 Å². The van der Waals surface area contributed by atoms with Crippen LogP contribution in [0, 0.1) is 0 Å². The number of rotatable bonds is 3. The lowest BCUT2D eigenvalue weighted by molar-refractivity contribution is 0.773. The summed E-state index contributed by atoms with van der Waals surface area (Å²) in [7, 11) is 0. The van der Waals surface area contributed by atoms with Gasteiger partial charge in [-0.25, -0.2) is 0 Å². The van der Waals surface area contributed by atoms with Crippen LogP contribution in [-0.4, -0.2) is 13.2 Å². The predicted octanol–water partition coefficient (Wildman–Crippen LogP) is 0.458. The smallest absolute Gasteiger partial charge is 0.0431 e. The zero-order valence-electron chi connectivity index (χ0n) is 5.57. The second-order valence-electron chi connectivity index (χ2n) is 1.94. The molecule has 0 aliphatic rings. The zero-order valence-corrected chi connectivity index (χ0v) is 5.57. The molecular weight excluding hydrogens is 100 g/mol. The van der Waals surface area contributed by atoms with Gasteiger partial charge in [-0.3, -0.25) is 0 Å². The van der Waals surface area contributed by atoms with Crippen LogP contribution in [0.25, 0.3) is 0 Å². The topological polar surface area (TPSA) is 38.0 Å². The molecule has 3 N–H and O–H groups in total. The molecule has 0 aliphatic heterocycles. The van der Waals surface area contributed by atoms with E-state index in [4.69, 9.17) is 5.73 Å². The van der Waals surface area contributed by atoms with Crippen LogP contribution in [0.1, 0.15) is 13.8 Å². The summed E-state index contributed by atoms with van der Waals surface area (Å²) in [6.45, 7) is 5.58. The summed E-state index contributed by atoms with van der Waals surface area (Å²) < 4.78 is 0. The van der Waals surface area contributed by atoms with Crippen molar-refractivity contribution in [3.8, 4) is 0 Å². The van der Waals surface area contributed by atoms with Crippen molar-refractivity contribution in [2.75, 3.05) is 13.2 Å². The maximum absolute atomic E-state index is 5.17. The fourth-order valence-electron chi connectivity index (χ4n) is 0.360. The summed E-state index contributed by atoms with van der Waals surface area (Å²) in [5, 5.41) is 2.98. The first kappa shape index (κ1) is 7.66. The number of hydrogen-bond donors (Lipinski definition) is 2. The highest BCUT2D eigenvalue weighted by molar-refractivity contribution is 4.93. The van der Waals surface area contributed by atoms with Crippen molar-refractivity contribution in [3.05, 3.63) is 11.6 Å². The van der Waals surface area contributed by atoms with Crippen molar-refractivity contribution in [2.45, 2.75) is 13.8 Å². The largest absolute Gasteiger partial charge is 0.318 e. The van der Waals surface area contributed by atoms with Gasteiger partial charge in [0, 0.05) is 13.2 Å². The normalized spacial score (nSPS) is 8.88. The van der Waals surface area contributed by atoms with E-state index in [1.54, 1.807) is 0 Å². The van der Waals surface area contributed by atoms with Gasteiger partial charge in [-0.05, 0) is 13.8 Å². The lowest BCUT2D eigenvalue weighted by Gasteiger charge is -1.93. The van der Waals surface area contributed by atoms with Crippen LogP contribution in [0.3, 0.4) is 0 Å². The fourth-order valence-corrected chi connectivity index (χ4v) is 0.360. The van der Waals surface area contributed by atoms with Crippen molar-refractivity contribution in [3.63, 3.8) is 0 Å². The Labute approximate surface area is 50.8 Å². The average Bonchev–Trinajstić information content (AvgIpc) is 1.66. The Morgan fingerprint density at radius 2 is 2.25 bits per heavy atom. The molecule has 0 rings (SSSR count). The molecule has 0 heterocycles. The molecule has 0 aromatic carbocycles. The molecule has 2 nitrogen and oxygen atoms in total. The van der Waals surface area contributed by atoms with Gasteiger partial charge in [0.15, 0.2) is 0 Å². The second-order valence-corrected chi connectivity index (χ2v) is 1.94. The van der Waals surface area contributed by atoms with Gasteiger partial charge >= 0.3 is 0 Å². The Hall–Kier alpha value is -0.340. The first-order valence-corrected chi connectivity index (χ1v) is 2.81. The van der Waals surface area contributed by atoms with E-state index in [0.717, 1.165) is 6.54 Å². The first-order chi connectivity index (χ1) is 3.77. The summed E-state index contributed by atoms with van der Waals surface area (Å²) in [6, 6.07) is 0. The Morgan fingerprint density at radius 1 is 1.62 bits per heavy atom. The average molecular weight is 114 g/mol. The molecule has 0 fully saturated rings. The summed E-state index contributed by atoms with van der Waals surface area (Å²) in [5.74, 6) is 0. The third kappa shape index (κ3) is 5.66. The number of hydrogen-bond acceptors (Lipinski definition) is 2. The molecule has 0 aliphatic carbocycles. The SMILES string of the molecule is CC(C)=CCNCN. The maximum atomic E-state index is 5.17. The van der Waals surface area contributed by atoms with Crippen LogP contribution in [0.4, 0.5) is 0 Å². The van der Waals surface area contributed by atoms with E-state index in [9.17, 15) is 0 Å². The van der Waals surface area contributed by atoms with Gasteiger partial charge in [0.25, 0.3) is 0 Å². The van der Waals surface area contributed by atoms with Gasteiger partial charge < -0.3 is 11.1 Å². The highest BCUT2D eigenvalue weighted by Crippen LogP contribution is 1.83. The highest BCUT2D eigenvalue weighted by atomic mass is 14.9. The third-order valence-electron chi connectivity index (χ3n) is 0.799. The summed E-state index contributed by atoms with van der Waals surface area (Å²) in [5.41, 5.74) is 6.50. The molecule has 2 heteroatoms. The summed E-state index contributed by atoms with van der Waals surface area (Å²) in [4.78, 5) is 0. The van der Waals surface area contributed by atoms with Crippen LogP contribution in [0.5, 0.6) is 0 Å². The predicted molar refractivity (Wildman–Crippen MR) is 36.5 cm³/mol. The van der Waals surface area contributed by atoms with Gasteiger partial charge in [-0.15, -0.1) is 0 Å². The van der Waals surface area contributed by atoms with Gasteiger partial charge in [-0.1, -0.05) is 11.6 Å². The number of nitrogens with one attached hydrogen (secondary N) is 1. The minimum atomic E-state index is 0.559. The molecule has 0 unspecified atom stereocenters. The minimum Gasteiger partial charge on any atom is -0.318 e. The van der Waals surface area contributed by atoms with Gasteiger partial charge in [0.05, 0.1) is 0 Å². The molecule has 0 spiro atoms. The molecule has 0 saturated heterocycles. The van der Waals surface area contributed by atoms with Crippen LogP contribution in [-0.2, 0) is 0 Å². The van der Waals surface area contributed by atoms with E-state index in [0.29, 0.717) is 6.67 Å². The molecule has 0 radical (unpaired) electrons. The molecule has 0 amide bonds. The van der Waals surface area contributed by atoms with Crippen molar-refractivity contribution in [1.82, 2.24) is 5.32 Å². The van der Waals surface area contributed by atoms with Crippen molar-refractivity contribution in [2.24, 2.45) is 5.73 Å². The van der Waals surface area contributed by atoms with Crippen molar-refractivity contribution >= 4 is 0 Å². The van der Waals surface area contributed by atoms with E-state index in [1.807, 2.05) is 0 Å². The van der Waals surface area contributed by atoms with Gasteiger partial charge in [0.2, 0.25) is 0 Å². The number of allylic oxidation sites excluding steroid dienone is 1. The Balaban J connectivity index is 3.03. The first-order valence-electron chi connectivity index (χ1n) is 2.81. The van der Waals surface area contributed by atoms with E-state index in [1.165, 1.54) is 5.57 Å². The third-order valence-corrected chi connectivity index (χ3v) is 0.799. The van der Waals surface area contributed by atoms with Crippen LogP contribution < -0.4 is 11.1 Å². The van der Waals surface area contributed by atoms with Gasteiger partial charge in [-0.2, -0.15) is 0 Å². The zero-order chi connectivity index (χ0) is 6.41. The maximum Gasteiger partial charge on any atom is 0.0431 e. The van der Waals surface area contributed by atoms with Crippen molar-refractivity contribution < 1.29 is 0 Å². The molecule has 8 heavy (non-hydrogen) atoms. The summed E-state index contributed by atoms with van der Waals surface area (Å²) in [6.07, 6.45) is 2.10. The van der Waals surface area contributed by atoms with E-state index < -0.39 is 0 Å². The lowest BCUT2D eigenvalue weighted by atomic mass is 10.3. The molecule has 0 aromatic heterocycles. The summed E-state index contributed by atoms with van der Waals surface area (Å²) >= 11 is 0. The Morgan fingerprint density at radius 3 is 2.62 bits per heavy atom. The van der Waals surface area contributed by atoms with Crippen LogP contribution in [0.15, 0.2) is 11.6 Å². The lowest BCUT2D eigenvalue weighted by Crippen LogP contribution is -2.22. The van der Waals surface area contributed by atoms with E-state index in [-0.39, 0.29) is 0 Å². The molecular formula is C6H14N2. The molecule has 0 saturated carbocycles. The molecule has 48 valence electrons. The van der Waals surface area contributed by atoms with Crippen LogP contribution in [0.2, 0.25) is 0 Å². The quantitative estimate of drug-likeness (QED) is 0.318. The van der Waals surface area contributed by atoms with E-state index >= 15 is 0 Å². The van der Waals surface area contributed by atoms with Crippen LogP contribution >= 0.6 is 0 Å². The Bertz CT molecular complexity index is 72.6. The number of nitrogens with two attached hydrogens (primary N) is 1. The Kier molecular flexibility index (Phi) is 4.61. The van der Waals surface area contributed by atoms with Gasteiger partial charge in [0.1, 0.15) is 0 Å². The highest BCUT2D eigenvalue weighted by Gasteiger charge is 1.75.